The molecule has 0 aromatic carbocycles. The normalized spacial score (nSPS) is 13.1. The van der Waals surface area contributed by atoms with Gasteiger partial charge in [-0.3, -0.25) is 10.4 Å². The highest BCUT2D eigenvalue weighted by Crippen LogP contribution is 1.88. The van der Waals surface area contributed by atoms with Crippen LogP contribution in [0.5, 0.6) is 0 Å². The van der Waals surface area contributed by atoms with Crippen molar-refractivity contribution in [1.29, 1.82) is 0 Å². The number of hydrazone groups is 1. The highest BCUT2D eigenvalue weighted by Gasteiger charge is 1.84. The molecule has 0 aromatic heterocycles. The Bertz CT molecular complexity index is 224. The van der Waals surface area contributed by atoms with Crippen molar-refractivity contribution >= 4 is 12.4 Å². The Kier molecular flexibility index (Phi) is 6.51. The summed E-state index contributed by atoms with van der Waals surface area (Å²) >= 11 is 0. The first kappa shape index (κ1) is 11.6. The van der Waals surface area contributed by atoms with Crippen molar-refractivity contribution in [3.05, 3.63) is 24.6 Å². The molecule has 72 valence electrons. The summed E-state index contributed by atoms with van der Waals surface area (Å²) in [6.45, 7) is 9.55. The van der Waals surface area contributed by atoms with Crippen molar-refractivity contribution in [2.24, 2.45) is 16.0 Å². The summed E-state index contributed by atoms with van der Waals surface area (Å²) in [4.78, 5) is 3.95. The fraction of sp³-hybridized carbons (Fsp3) is 0.400. The molecule has 13 heavy (non-hydrogen) atoms. The third-order valence-electron chi connectivity index (χ3n) is 1.07. The van der Waals surface area contributed by atoms with Gasteiger partial charge in [-0.05, 0) is 12.8 Å². The predicted octanol–water partition coefficient (Wildman–Crippen LogP) is 2.34. The van der Waals surface area contributed by atoms with Crippen LogP contribution in [0.25, 0.3) is 0 Å². The van der Waals surface area contributed by atoms with E-state index in [1.807, 2.05) is 13.1 Å². The lowest BCUT2D eigenvalue weighted by atomic mass is 10.3. The molecule has 0 atom stereocenters. The van der Waals surface area contributed by atoms with E-state index in [9.17, 15) is 0 Å². The molecule has 0 saturated carbocycles. The molecule has 0 aliphatic carbocycles. The second kappa shape index (κ2) is 7.28. The fourth-order valence-corrected chi connectivity index (χ4v) is 0.533. The molecule has 0 aliphatic rings. The Labute approximate surface area is 80.0 Å². The average molecular weight is 179 g/mol. The highest BCUT2D eigenvalue weighted by atomic mass is 15.3. The zero-order valence-corrected chi connectivity index (χ0v) is 8.49. The van der Waals surface area contributed by atoms with E-state index in [1.165, 1.54) is 0 Å². The largest absolute Gasteiger partial charge is 0.282 e. The lowest BCUT2D eigenvalue weighted by Gasteiger charge is -1.97. The van der Waals surface area contributed by atoms with Gasteiger partial charge < -0.3 is 0 Å². The van der Waals surface area contributed by atoms with Gasteiger partial charge in [-0.2, -0.15) is 5.10 Å². The van der Waals surface area contributed by atoms with Crippen molar-refractivity contribution in [2.75, 3.05) is 0 Å². The van der Waals surface area contributed by atoms with Gasteiger partial charge in [0.15, 0.2) is 0 Å². The van der Waals surface area contributed by atoms with Gasteiger partial charge in [0.2, 0.25) is 0 Å². The molecule has 0 bridgehead atoms. The molecule has 0 radical (unpaired) electrons. The predicted molar refractivity (Wildman–Crippen MR) is 58.9 cm³/mol. The molecule has 1 N–H and O–H groups in total. The molecule has 3 nitrogen and oxygen atoms in total. The van der Waals surface area contributed by atoms with Crippen molar-refractivity contribution < 1.29 is 0 Å². The minimum absolute atomic E-state index is 0.456. The van der Waals surface area contributed by atoms with Crippen LogP contribution in [0.15, 0.2) is 34.6 Å². The van der Waals surface area contributed by atoms with Crippen LogP contribution in [0.2, 0.25) is 0 Å². The number of nitrogens with one attached hydrogen (secondary N) is 1. The Hall–Kier alpha value is -1.38. The first-order valence-electron chi connectivity index (χ1n) is 4.27. The highest BCUT2D eigenvalue weighted by molar-refractivity contribution is 5.70. The molecular formula is C10H17N3. The van der Waals surface area contributed by atoms with Crippen molar-refractivity contribution in [3.63, 3.8) is 0 Å². The summed E-state index contributed by atoms with van der Waals surface area (Å²) in [5.74, 6) is 0.456. The molecule has 0 aliphatic heterocycles. The molecule has 0 aromatic rings. The third-order valence-corrected chi connectivity index (χ3v) is 1.07. The SMILES string of the molecule is C=CC=N/C=C(/C)N/N=C/C(C)C. The van der Waals surface area contributed by atoms with Crippen LogP contribution in [0.1, 0.15) is 20.8 Å². The molecule has 3 heteroatoms. The van der Waals surface area contributed by atoms with Gasteiger partial charge in [0.1, 0.15) is 0 Å². The first-order valence-corrected chi connectivity index (χ1v) is 4.27. The minimum Gasteiger partial charge on any atom is -0.282 e. The van der Waals surface area contributed by atoms with Crippen LogP contribution in [0.3, 0.4) is 0 Å². The van der Waals surface area contributed by atoms with Crippen molar-refractivity contribution in [2.45, 2.75) is 20.8 Å². The minimum atomic E-state index is 0.456. The number of allylic oxidation sites excluding steroid dienone is 2. The van der Waals surface area contributed by atoms with Gasteiger partial charge in [0, 0.05) is 24.3 Å². The average Bonchev–Trinajstić information content (AvgIpc) is 2.04. The Morgan fingerprint density at radius 1 is 1.46 bits per heavy atom. The van der Waals surface area contributed by atoms with Gasteiger partial charge in [-0.15, -0.1) is 0 Å². The molecule has 0 rings (SSSR count). The summed E-state index contributed by atoms with van der Waals surface area (Å²) in [7, 11) is 0. The van der Waals surface area contributed by atoms with Crippen LogP contribution in [0, 0.1) is 5.92 Å². The van der Waals surface area contributed by atoms with Crippen molar-refractivity contribution in [3.8, 4) is 0 Å². The number of hydrogen-bond donors (Lipinski definition) is 1. The molecule has 0 saturated heterocycles. The first-order chi connectivity index (χ1) is 6.16. The Morgan fingerprint density at radius 2 is 2.15 bits per heavy atom. The number of rotatable bonds is 5. The molecule has 0 amide bonds. The van der Waals surface area contributed by atoms with E-state index < -0.39 is 0 Å². The standard InChI is InChI=1S/C10H17N3/c1-5-6-11-8-10(4)13-12-7-9(2)3/h5-9,13H,1H2,2-4H3/b10-8-,11-6?,12-7+. The topological polar surface area (TPSA) is 36.8 Å². The van der Waals surface area contributed by atoms with Crippen LogP contribution in [-0.4, -0.2) is 12.4 Å². The van der Waals surface area contributed by atoms with E-state index in [1.54, 1.807) is 18.5 Å². The molecule has 0 heterocycles. The maximum Gasteiger partial charge on any atom is 0.0487 e. The quantitative estimate of drug-likeness (QED) is 0.510. The smallest absolute Gasteiger partial charge is 0.0487 e. The van der Waals surface area contributed by atoms with Crippen LogP contribution in [0.4, 0.5) is 0 Å². The van der Waals surface area contributed by atoms with Gasteiger partial charge >= 0.3 is 0 Å². The van der Waals surface area contributed by atoms with Gasteiger partial charge in [-0.25, -0.2) is 0 Å². The van der Waals surface area contributed by atoms with Crippen LogP contribution >= 0.6 is 0 Å². The lowest BCUT2D eigenvalue weighted by molar-refractivity contribution is 0.841. The maximum absolute atomic E-state index is 4.01. The van der Waals surface area contributed by atoms with Crippen LogP contribution < -0.4 is 5.43 Å². The molecular weight excluding hydrogens is 162 g/mol. The maximum atomic E-state index is 4.01. The Balaban J connectivity index is 3.85. The van der Waals surface area contributed by atoms with Crippen molar-refractivity contribution in [1.82, 2.24) is 5.43 Å². The summed E-state index contributed by atoms with van der Waals surface area (Å²) < 4.78 is 0. The van der Waals surface area contributed by atoms with Gasteiger partial charge in [-0.1, -0.05) is 26.5 Å². The number of nitrogens with zero attached hydrogens (tertiary/aromatic N) is 2. The van der Waals surface area contributed by atoms with E-state index in [-0.39, 0.29) is 0 Å². The lowest BCUT2D eigenvalue weighted by Crippen LogP contribution is -2.03. The van der Waals surface area contributed by atoms with E-state index in [4.69, 9.17) is 0 Å². The molecule has 0 fully saturated rings. The molecule has 0 unspecified atom stereocenters. The summed E-state index contributed by atoms with van der Waals surface area (Å²) in [5.41, 5.74) is 3.75. The number of aliphatic imine (C=N–C) groups is 1. The second-order valence-corrected chi connectivity index (χ2v) is 2.98. The summed E-state index contributed by atoms with van der Waals surface area (Å²) in [6, 6.07) is 0. The van der Waals surface area contributed by atoms with E-state index >= 15 is 0 Å². The van der Waals surface area contributed by atoms with Gasteiger partial charge in [0.05, 0.1) is 0 Å². The van der Waals surface area contributed by atoms with E-state index in [0.29, 0.717) is 5.92 Å². The molecule has 0 spiro atoms. The zero-order valence-electron chi connectivity index (χ0n) is 8.49. The Morgan fingerprint density at radius 3 is 2.69 bits per heavy atom. The van der Waals surface area contributed by atoms with E-state index in [2.05, 4.69) is 35.9 Å². The summed E-state index contributed by atoms with van der Waals surface area (Å²) in [6.07, 6.45) is 6.78. The van der Waals surface area contributed by atoms with Gasteiger partial charge in [0.25, 0.3) is 0 Å². The summed E-state index contributed by atoms with van der Waals surface area (Å²) in [5, 5.41) is 4.01. The third kappa shape index (κ3) is 8.53. The van der Waals surface area contributed by atoms with Crippen LogP contribution in [-0.2, 0) is 0 Å². The second-order valence-electron chi connectivity index (χ2n) is 2.98. The number of hydrogen-bond acceptors (Lipinski definition) is 3. The monoisotopic (exact) mass is 179 g/mol. The zero-order chi connectivity index (χ0) is 10.1. The fourth-order valence-electron chi connectivity index (χ4n) is 0.533. The van der Waals surface area contributed by atoms with E-state index in [0.717, 1.165) is 5.70 Å².